The first kappa shape index (κ1) is 15.9. The fourth-order valence-electron chi connectivity index (χ4n) is 2.63. The minimum Gasteiger partial charge on any atom is -0.380 e. The molecule has 0 saturated carbocycles. The van der Waals surface area contributed by atoms with E-state index in [1.54, 1.807) is 0 Å². The van der Waals surface area contributed by atoms with E-state index in [0.29, 0.717) is 6.04 Å². The molecule has 0 bridgehead atoms. The second-order valence-electron chi connectivity index (χ2n) is 5.13. The van der Waals surface area contributed by atoms with Crippen LogP contribution in [0, 0.1) is 0 Å². The van der Waals surface area contributed by atoms with Crippen LogP contribution in [0.5, 0.6) is 0 Å². The van der Waals surface area contributed by atoms with E-state index in [1.165, 1.54) is 32.6 Å². The normalized spacial score (nSPS) is 20.2. The fourth-order valence-corrected chi connectivity index (χ4v) is 2.63. The van der Waals surface area contributed by atoms with Gasteiger partial charge in [-0.25, -0.2) is 0 Å². The molecule has 2 N–H and O–H groups in total. The molecule has 4 heteroatoms. The molecule has 1 unspecified atom stereocenters. The van der Waals surface area contributed by atoms with Crippen molar-refractivity contribution in [3.05, 3.63) is 0 Å². The van der Waals surface area contributed by atoms with Crippen molar-refractivity contribution in [3.8, 4) is 0 Å². The summed E-state index contributed by atoms with van der Waals surface area (Å²) in [4.78, 5) is 5.12. The van der Waals surface area contributed by atoms with E-state index in [4.69, 9.17) is 10.5 Å². The van der Waals surface area contributed by atoms with Gasteiger partial charge in [0.1, 0.15) is 0 Å². The van der Waals surface area contributed by atoms with Gasteiger partial charge in [0.05, 0.1) is 6.61 Å². The molecule has 1 heterocycles. The highest BCUT2D eigenvalue weighted by molar-refractivity contribution is 4.78. The number of hydrogen-bond donors (Lipinski definition) is 1. The van der Waals surface area contributed by atoms with Crippen molar-refractivity contribution >= 4 is 0 Å². The van der Waals surface area contributed by atoms with E-state index in [1.807, 2.05) is 0 Å². The van der Waals surface area contributed by atoms with Crippen molar-refractivity contribution in [3.63, 3.8) is 0 Å². The molecule has 108 valence electrons. The lowest BCUT2D eigenvalue weighted by atomic mass is 10.1. The minimum atomic E-state index is 0.688. The third-order valence-electron chi connectivity index (χ3n) is 3.79. The van der Waals surface area contributed by atoms with Gasteiger partial charge in [-0.3, -0.25) is 9.80 Å². The SMILES string of the molecule is CCCOCCN1CCN(C(CC)CCN)CC1. The van der Waals surface area contributed by atoms with E-state index in [0.717, 1.165) is 39.1 Å². The summed E-state index contributed by atoms with van der Waals surface area (Å²) < 4.78 is 5.55. The van der Waals surface area contributed by atoms with Crippen molar-refractivity contribution in [2.45, 2.75) is 39.2 Å². The van der Waals surface area contributed by atoms with Crippen LogP contribution in [0.1, 0.15) is 33.1 Å². The molecule has 1 rings (SSSR count). The van der Waals surface area contributed by atoms with E-state index in [2.05, 4.69) is 23.6 Å². The maximum absolute atomic E-state index is 5.68. The Bertz CT molecular complexity index is 193. The maximum atomic E-state index is 5.68. The number of piperazine rings is 1. The molecule has 1 aliphatic rings. The first-order chi connectivity index (χ1) is 8.81. The second-order valence-corrected chi connectivity index (χ2v) is 5.13. The van der Waals surface area contributed by atoms with Crippen molar-refractivity contribution < 1.29 is 4.74 Å². The zero-order valence-corrected chi connectivity index (χ0v) is 12.2. The molecule has 0 aliphatic carbocycles. The quantitative estimate of drug-likeness (QED) is 0.629. The van der Waals surface area contributed by atoms with Gasteiger partial charge < -0.3 is 10.5 Å². The predicted molar refractivity (Wildman–Crippen MR) is 76.9 cm³/mol. The highest BCUT2D eigenvalue weighted by atomic mass is 16.5. The van der Waals surface area contributed by atoms with Crippen molar-refractivity contribution in [1.29, 1.82) is 0 Å². The molecule has 1 aliphatic heterocycles. The minimum absolute atomic E-state index is 0.688. The lowest BCUT2D eigenvalue weighted by molar-refractivity contribution is 0.0589. The standard InChI is InChI=1S/C14H31N3O/c1-3-12-18-13-11-16-7-9-17(10-8-16)14(4-2)5-6-15/h14H,3-13,15H2,1-2H3. The van der Waals surface area contributed by atoms with Crippen LogP contribution in [0.2, 0.25) is 0 Å². The summed E-state index contributed by atoms with van der Waals surface area (Å²) in [6.07, 6.45) is 3.47. The monoisotopic (exact) mass is 257 g/mol. The summed E-state index contributed by atoms with van der Waals surface area (Å²) in [6, 6.07) is 0.688. The van der Waals surface area contributed by atoms with Gasteiger partial charge in [0.25, 0.3) is 0 Å². The van der Waals surface area contributed by atoms with Crippen LogP contribution < -0.4 is 5.73 Å². The van der Waals surface area contributed by atoms with Crippen molar-refractivity contribution in [2.75, 3.05) is 52.5 Å². The number of nitrogens with two attached hydrogens (primary N) is 1. The van der Waals surface area contributed by atoms with Crippen molar-refractivity contribution in [2.24, 2.45) is 5.73 Å². The first-order valence-electron chi connectivity index (χ1n) is 7.56. The smallest absolute Gasteiger partial charge is 0.0593 e. The van der Waals surface area contributed by atoms with Gasteiger partial charge in [-0.2, -0.15) is 0 Å². The Morgan fingerprint density at radius 3 is 2.39 bits per heavy atom. The molecule has 1 fully saturated rings. The molecule has 0 aromatic rings. The van der Waals surface area contributed by atoms with Gasteiger partial charge in [0.2, 0.25) is 0 Å². The van der Waals surface area contributed by atoms with Crippen LogP contribution in [0.15, 0.2) is 0 Å². The lowest BCUT2D eigenvalue weighted by Gasteiger charge is -2.39. The van der Waals surface area contributed by atoms with Crippen LogP contribution >= 0.6 is 0 Å². The van der Waals surface area contributed by atoms with Gasteiger partial charge in [-0.1, -0.05) is 13.8 Å². The largest absolute Gasteiger partial charge is 0.380 e. The molecular weight excluding hydrogens is 226 g/mol. The van der Waals surface area contributed by atoms with E-state index >= 15 is 0 Å². The summed E-state index contributed by atoms with van der Waals surface area (Å²) in [7, 11) is 0. The summed E-state index contributed by atoms with van der Waals surface area (Å²) in [6.45, 7) is 12.8. The summed E-state index contributed by atoms with van der Waals surface area (Å²) >= 11 is 0. The Kier molecular flexibility index (Phi) is 8.59. The van der Waals surface area contributed by atoms with Crippen LogP contribution in [0.4, 0.5) is 0 Å². The predicted octanol–water partition coefficient (Wildman–Crippen LogP) is 1.16. The van der Waals surface area contributed by atoms with Crippen LogP contribution in [-0.2, 0) is 4.74 Å². The highest BCUT2D eigenvalue weighted by Crippen LogP contribution is 2.11. The van der Waals surface area contributed by atoms with Gasteiger partial charge in [-0.15, -0.1) is 0 Å². The molecule has 18 heavy (non-hydrogen) atoms. The Morgan fingerprint density at radius 2 is 1.83 bits per heavy atom. The average molecular weight is 257 g/mol. The average Bonchev–Trinajstić information content (AvgIpc) is 2.42. The first-order valence-corrected chi connectivity index (χ1v) is 7.56. The molecule has 1 saturated heterocycles. The van der Waals surface area contributed by atoms with Gasteiger partial charge in [-0.05, 0) is 25.8 Å². The Morgan fingerprint density at radius 1 is 1.11 bits per heavy atom. The molecule has 0 spiro atoms. The molecule has 0 aromatic heterocycles. The number of nitrogens with zero attached hydrogens (tertiary/aromatic N) is 2. The zero-order valence-electron chi connectivity index (χ0n) is 12.2. The third-order valence-corrected chi connectivity index (χ3v) is 3.79. The van der Waals surface area contributed by atoms with Crippen LogP contribution in [0.3, 0.4) is 0 Å². The number of ether oxygens (including phenoxy) is 1. The Balaban J connectivity index is 2.15. The molecule has 0 radical (unpaired) electrons. The van der Waals surface area contributed by atoms with Gasteiger partial charge in [0.15, 0.2) is 0 Å². The van der Waals surface area contributed by atoms with Crippen molar-refractivity contribution in [1.82, 2.24) is 9.80 Å². The lowest BCUT2D eigenvalue weighted by Crippen LogP contribution is -2.51. The number of hydrogen-bond acceptors (Lipinski definition) is 4. The second kappa shape index (κ2) is 9.73. The van der Waals surface area contributed by atoms with Crippen LogP contribution in [-0.4, -0.2) is 68.3 Å². The van der Waals surface area contributed by atoms with E-state index in [-0.39, 0.29) is 0 Å². The van der Waals surface area contributed by atoms with E-state index < -0.39 is 0 Å². The van der Waals surface area contributed by atoms with Gasteiger partial charge in [0, 0.05) is 45.4 Å². The molecule has 4 nitrogen and oxygen atoms in total. The Labute approximate surface area is 112 Å². The summed E-state index contributed by atoms with van der Waals surface area (Å²) in [5.74, 6) is 0. The topological polar surface area (TPSA) is 41.7 Å². The molecular formula is C14H31N3O. The molecule has 0 amide bonds. The Hall–Kier alpha value is -0.160. The molecule has 0 aromatic carbocycles. The fraction of sp³-hybridized carbons (Fsp3) is 1.00. The van der Waals surface area contributed by atoms with Gasteiger partial charge >= 0.3 is 0 Å². The van der Waals surface area contributed by atoms with Crippen LogP contribution in [0.25, 0.3) is 0 Å². The summed E-state index contributed by atoms with van der Waals surface area (Å²) in [5, 5.41) is 0. The number of rotatable bonds is 9. The zero-order chi connectivity index (χ0) is 13.2. The third kappa shape index (κ3) is 5.65. The van der Waals surface area contributed by atoms with E-state index in [9.17, 15) is 0 Å². The maximum Gasteiger partial charge on any atom is 0.0593 e. The summed E-state index contributed by atoms with van der Waals surface area (Å²) in [5.41, 5.74) is 5.68. The molecule has 1 atom stereocenters. The highest BCUT2D eigenvalue weighted by Gasteiger charge is 2.21.